The molecule has 0 aliphatic heterocycles. The van der Waals surface area contributed by atoms with E-state index in [0.717, 1.165) is 15.6 Å². The number of ether oxygens (including phenoxy) is 1. The van der Waals surface area contributed by atoms with Gasteiger partial charge in [0.1, 0.15) is 24.2 Å². The second kappa shape index (κ2) is 8.08. The molecule has 2 N–H and O–H groups in total. The van der Waals surface area contributed by atoms with Crippen molar-refractivity contribution >= 4 is 21.9 Å². The average Bonchev–Trinajstić information content (AvgIpc) is 2.53. The lowest BCUT2D eigenvalue weighted by molar-refractivity contribution is -0.139. The number of benzene rings is 2. The first kappa shape index (κ1) is 17.4. The third-order valence-corrected chi connectivity index (χ3v) is 3.79. The molecule has 1 unspecified atom stereocenters. The normalized spacial score (nSPS) is 12.0. The van der Waals surface area contributed by atoms with Gasteiger partial charge in [0, 0.05) is 16.6 Å². The Hall–Kier alpha value is -1.92. The molecule has 0 spiro atoms. The van der Waals surface area contributed by atoms with E-state index < -0.39 is 12.0 Å². The zero-order valence-electron chi connectivity index (χ0n) is 12.6. The number of aliphatic carboxylic acids is 1. The van der Waals surface area contributed by atoms with E-state index in [1.807, 2.05) is 18.2 Å². The van der Waals surface area contributed by atoms with Gasteiger partial charge in [-0.25, -0.2) is 4.39 Å². The summed E-state index contributed by atoms with van der Waals surface area (Å²) in [5.74, 6) is -0.540. The van der Waals surface area contributed by atoms with Crippen molar-refractivity contribution in [2.75, 3.05) is 0 Å². The van der Waals surface area contributed by atoms with E-state index in [2.05, 4.69) is 21.2 Å². The highest BCUT2D eigenvalue weighted by atomic mass is 79.9. The Morgan fingerprint density at radius 3 is 2.65 bits per heavy atom. The van der Waals surface area contributed by atoms with Crippen LogP contribution < -0.4 is 10.1 Å². The number of carbonyl (C=O) groups is 1. The molecule has 0 fully saturated rings. The Morgan fingerprint density at radius 1 is 1.30 bits per heavy atom. The summed E-state index contributed by atoms with van der Waals surface area (Å²) < 4.78 is 19.6. The van der Waals surface area contributed by atoms with Gasteiger partial charge in [-0.3, -0.25) is 4.79 Å². The molecule has 0 saturated carbocycles. The molecule has 0 saturated heterocycles. The van der Waals surface area contributed by atoms with Crippen LogP contribution in [0.3, 0.4) is 0 Å². The molecule has 1 atom stereocenters. The molecule has 0 heterocycles. The lowest BCUT2D eigenvalue weighted by Gasteiger charge is -2.14. The van der Waals surface area contributed by atoms with Gasteiger partial charge in [0.05, 0.1) is 0 Å². The molecule has 2 aromatic rings. The number of halogens is 2. The van der Waals surface area contributed by atoms with E-state index in [-0.39, 0.29) is 5.82 Å². The zero-order valence-corrected chi connectivity index (χ0v) is 14.1. The number of carboxylic acids is 1. The maximum atomic E-state index is 12.9. The van der Waals surface area contributed by atoms with Gasteiger partial charge in [-0.15, -0.1) is 0 Å². The highest BCUT2D eigenvalue weighted by molar-refractivity contribution is 9.10. The first-order chi connectivity index (χ1) is 11.0. The summed E-state index contributed by atoms with van der Waals surface area (Å²) >= 11 is 3.39. The molecule has 0 aromatic heterocycles. The average molecular weight is 382 g/mol. The number of hydrogen-bond acceptors (Lipinski definition) is 3. The lowest BCUT2D eigenvalue weighted by Crippen LogP contribution is -2.33. The fraction of sp³-hybridized carbons (Fsp3) is 0.235. The van der Waals surface area contributed by atoms with Gasteiger partial charge in [-0.05, 0) is 42.8 Å². The fourth-order valence-corrected chi connectivity index (χ4v) is 2.33. The van der Waals surface area contributed by atoms with Gasteiger partial charge in [0.25, 0.3) is 0 Å². The number of nitrogens with one attached hydrogen (secondary N) is 1. The maximum absolute atomic E-state index is 12.9. The van der Waals surface area contributed by atoms with E-state index >= 15 is 0 Å². The molecule has 0 bridgehead atoms. The summed E-state index contributed by atoms with van der Waals surface area (Å²) in [6, 6.07) is 11.0. The predicted octanol–water partition coefficient (Wildman–Crippen LogP) is 3.73. The molecule has 0 aliphatic rings. The van der Waals surface area contributed by atoms with E-state index in [1.165, 1.54) is 12.1 Å². The van der Waals surface area contributed by atoms with Gasteiger partial charge in [0.2, 0.25) is 0 Å². The molecule has 122 valence electrons. The monoisotopic (exact) mass is 381 g/mol. The molecule has 2 aromatic carbocycles. The molecule has 6 heteroatoms. The van der Waals surface area contributed by atoms with Crippen molar-refractivity contribution < 1.29 is 19.0 Å². The minimum Gasteiger partial charge on any atom is -0.489 e. The summed E-state index contributed by atoms with van der Waals surface area (Å²) in [5, 5.41) is 11.8. The van der Waals surface area contributed by atoms with Crippen molar-refractivity contribution in [1.82, 2.24) is 5.32 Å². The van der Waals surface area contributed by atoms with Crippen molar-refractivity contribution in [2.24, 2.45) is 0 Å². The van der Waals surface area contributed by atoms with E-state index in [0.29, 0.717) is 18.9 Å². The Bertz CT molecular complexity index is 676. The Balaban J connectivity index is 2.05. The van der Waals surface area contributed by atoms with Gasteiger partial charge in [0.15, 0.2) is 0 Å². The predicted molar refractivity (Wildman–Crippen MR) is 88.8 cm³/mol. The quantitative estimate of drug-likeness (QED) is 0.766. The topological polar surface area (TPSA) is 58.6 Å². The van der Waals surface area contributed by atoms with Gasteiger partial charge in [-0.2, -0.15) is 0 Å². The molecule has 4 nitrogen and oxygen atoms in total. The van der Waals surface area contributed by atoms with Gasteiger partial charge in [-0.1, -0.05) is 28.1 Å². The summed E-state index contributed by atoms with van der Waals surface area (Å²) in [6.07, 6.45) is 0. The standard InChI is InChI=1S/C17H17BrFNO3/c1-11(17(21)22)20-9-13-8-14(18)4-7-16(13)23-10-12-2-5-15(19)6-3-12/h2-8,11,20H,9-10H2,1H3,(H,21,22). The summed E-state index contributed by atoms with van der Waals surface area (Å²) in [5.41, 5.74) is 1.70. The van der Waals surface area contributed by atoms with Crippen LogP contribution in [-0.2, 0) is 17.9 Å². The van der Waals surface area contributed by atoms with Crippen LogP contribution in [-0.4, -0.2) is 17.1 Å². The summed E-state index contributed by atoms with van der Waals surface area (Å²) in [7, 11) is 0. The molecule has 0 amide bonds. The molecule has 0 radical (unpaired) electrons. The van der Waals surface area contributed by atoms with Crippen molar-refractivity contribution in [1.29, 1.82) is 0 Å². The first-order valence-corrected chi connectivity index (χ1v) is 7.87. The highest BCUT2D eigenvalue weighted by Crippen LogP contribution is 2.24. The number of hydrogen-bond donors (Lipinski definition) is 2. The van der Waals surface area contributed by atoms with Gasteiger partial charge >= 0.3 is 5.97 Å². The van der Waals surface area contributed by atoms with Crippen LogP contribution in [0.4, 0.5) is 4.39 Å². The van der Waals surface area contributed by atoms with Crippen molar-refractivity contribution in [3.63, 3.8) is 0 Å². The minimum atomic E-state index is -0.909. The Kier molecular flexibility index (Phi) is 6.12. The van der Waals surface area contributed by atoms with Crippen molar-refractivity contribution in [3.05, 3.63) is 63.9 Å². The molecule has 0 aliphatic carbocycles. The number of rotatable bonds is 7. The van der Waals surface area contributed by atoms with Crippen molar-refractivity contribution in [2.45, 2.75) is 26.1 Å². The van der Waals surface area contributed by atoms with Crippen LogP contribution in [0.15, 0.2) is 46.9 Å². The zero-order chi connectivity index (χ0) is 16.8. The summed E-state index contributed by atoms with van der Waals surface area (Å²) in [6.45, 7) is 2.26. The highest BCUT2D eigenvalue weighted by Gasteiger charge is 2.12. The van der Waals surface area contributed by atoms with E-state index in [4.69, 9.17) is 9.84 Å². The second-order valence-corrected chi connectivity index (χ2v) is 6.02. The second-order valence-electron chi connectivity index (χ2n) is 5.11. The van der Waals surface area contributed by atoms with Crippen LogP contribution in [0, 0.1) is 5.82 Å². The SMILES string of the molecule is CC(NCc1cc(Br)ccc1OCc1ccc(F)cc1)C(=O)O. The van der Waals surface area contributed by atoms with E-state index in [9.17, 15) is 9.18 Å². The van der Waals surface area contributed by atoms with Crippen LogP contribution in [0.25, 0.3) is 0 Å². The minimum absolute atomic E-state index is 0.287. The third-order valence-electron chi connectivity index (χ3n) is 3.30. The molecule has 2 rings (SSSR count). The van der Waals surface area contributed by atoms with Crippen LogP contribution in [0.5, 0.6) is 5.75 Å². The summed E-state index contributed by atoms with van der Waals surface area (Å²) in [4.78, 5) is 10.9. The van der Waals surface area contributed by atoms with Crippen molar-refractivity contribution in [3.8, 4) is 5.75 Å². The van der Waals surface area contributed by atoms with Crippen LogP contribution in [0.2, 0.25) is 0 Å². The molecular weight excluding hydrogens is 365 g/mol. The Labute approximate surface area is 142 Å². The lowest BCUT2D eigenvalue weighted by atomic mass is 10.2. The maximum Gasteiger partial charge on any atom is 0.320 e. The molecule has 23 heavy (non-hydrogen) atoms. The molecular formula is C17H17BrFNO3. The van der Waals surface area contributed by atoms with Crippen LogP contribution in [0.1, 0.15) is 18.1 Å². The van der Waals surface area contributed by atoms with Gasteiger partial charge < -0.3 is 15.2 Å². The van der Waals surface area contributed by atoms with Crippen LogP contribution >= 0.6 is 15.9 Å². The first-order valence-electron chi connectivity index (χ1n) is 7.07. The van der Waals surface area contributed by atoms with E-state index in [1.54, 1.807) is 19.1 Å². The fourth-order valence-electron chi connectivity index (χ4n) is 1.92. The smallest absolute Gasteiger partial charge is 0.320 e. The largest absolute Gasteiger partial charge is 0.489 e. The third kappa shape index (κ3) is 5.33. The Morgan fingerprint density at radius 2 is 2.00 bits per heavy atom. The number of carboxylic acid groups (broad SMARTS) is 1.